The molecule has 0 radical (unpaired) electrons. The summed E-state index contributed by atoms with van der Waals surface area (Å²) in [5.41, 5.74) is 8.08. The van der Waals surface area contributed by atoms with E-state index in [0.717, 1.165) is 11.1 Å². The van der Waals surface area contributed by atoms with Gasteiger partial charge in [-0.05, 0) is 12.5 Å². The van der Waals surface area contributed by atoms with Gasteiger partial charge < -0.3 is 10.6 Å². The van der Waals surface area contributed by atoms with Crippen LogP contribution >= 0.6 is 0 Å². The molecule has 1 aromatic rings. The second-order valence-corrected chi connectivity index (χ2v) is 6.06. The fraction of sp³-hybridized carbons (Fsp3) is 0.462. The lowest BCUT2D eigenvalue weighted by Gasteiger charge is -2.14. The molecule has 0 spiro atoms. The standard InChI is InChI=1S/C13H20N2O2S/c1-10-5-4-6-11(7-10)12(14)8-18(17)9-13(16)15(2)3/h4-7,12H,8-9,14H2,1-3H3. The van der Waals surface area contributed by atoms with E-state index < -0.39 is 10.8 Å². The van der Waals surface area contributed by atoms with Crippen LogP contribution in [0.3, 0.4) is 0 Å². The van der Waals surface area contributed by atoms with Crippen molar-refractivity contribution < 1.29 is 9.00 Å². The van der Waals surface area contributed by atoms with Crippen molar-refractivity contribution >= 4 is 16.7 Å². The van der Waals surface area contributed by atoms with Crippen molar-refractivity contribution in [3.05, 3.63) is 35.4 Å². The van der Waals surface area contributed by atoms with Gasteiger partial charge in [-0.15, -0.1) is 0 Å². The van der Waals surface area contributed by atoms with Gasteiger partial charge in [-0.25, -0.2) is 0 Å². The highest BCUT2D eigenvalue weighted by molar-refractivity contribution is 7.85. The minimum Gasteiger partial charge on any atom is -0.348 e. The Hall–Kier alpha value is -1.20. The predicted octanol–water partition coefficient (Wildman–Crippen LogP) is 0.832. The largest absolute Gasteiger partial charge is 0.348 e. The molecule has 2 unspecified atom stereocenters. The number of nitrogens with two attached hydrogens (primary N) is 1. The Morgan fingerprint density at radius 3 is 2.67 bits per heavy atom. The van der Waals surface area contributed by atoms with Gasteiger partial charge >= 0.3 is 0 Å². The Balaban J connectivity index is 2.57. The van der Waals surface area contributed by atoms with Crippen molar-refractivity contribution in [3.8, 4) is 0 Å². The van der Waals surface area contributed by atoms with Crippen LogP contribution in [0, 0.1) is 6.92 Å². The predicted molar refractivity (Wildman–Crippen MR) is 74.7 cm³/mol. The maximum atomic E-state index is 11.8. The maximum absolute atomic E-state index is 11.8. The Bertz CT molecular complexity index is 446. The zero-order chi connectivity index (χ0) is 13.7. The lowest BCUT2D eigenvalue weighted by molar-refractivity contribution is -0.125. The van der Waals surface area contributed by atoms with Crippen LogP contribution in [-0.2, 0) is 15.6 Å². The highest BCUT2D eigenvalue weighted by atomic mass is 32.2. The van der Waals surface area contributed by atoms with E-state index in [-0.39, 0.29) is 17.7 Å². The second-order valence-electron chi connectivity index (χ2n) is 4.56. The number of rotatable bonds is 5. The van der Waals surface area contributed by atoms with E-state index in [1.54, 1.807) is 14.1 Å². The summed E-state index contributed by atoms with van der Waals surface area (Å²) in [6, 6.07) is 7.53. The third kappa shape index (κ3) is 4.58. The topological polar surface area (TPSA) is 63.4 Å². The molecule has 1 aromatic carbocycles. The number of carbonyl (C=O) groups is 1. The number of nitrogens with zero attached hydrogens (tertiary/aromatic N) is 1. The first-order valence-electron chi connectivity index (χ1n) is 5.77. The first kappa shape index (κ1) is 14.9. The van der Waals surface area contributed by atoms with Crippen molar-refractivity contribution in [3.63, 3.8) is 0 Å². The first-order chi connectivity index (χ1) is 8.40. The van der Waals surface area contributed by atoms with Crippen molar-refractivity contribution in [1.29, 1.82) is 0 Å². The Labute approximate surface area is 111 Å². The molecular weight excluding hydrogens is 248 g/mol. The van der Waals surface area contributed by atoms with Gasteiger partial charge in [-0.1, -0.05) is 29.8 Å². The van der Waals surface area contributed by atoms with Crippen LogP contribution in [0.15, 0.2) is 24.3 Å². The number of aryl methyl sites for hydroxylation is 1. The van der Waals surface area contributed by atoms with E-state index in [0.29, 0.717) is 5.75 Å². The van der Waals surface area contributed by atoms with Crippen LogP contribution in [0.2, 0.25) is 0 Å². The molecule has 5 heteroatoms. The number of amides is 1. The van der Waals surface area contributed by atoms with Gasteiger partial charge in [0.2, 0.25) is 5.91 Å². The van der Waals surface area contributed by atoms with Crippen LogP contribution in [-0.4, -0.2) is 40.6 Å². The fourth-order valence-corrected chi connectivity index (χ4v) is 2.77. The summed E-state index contributed by atoms with van der Waals surface area (Å²) in [6.45, 7) is 1.99. The monoisotopic (exact) mass is 268 g/mol. The summed E-state index contributed by atoms with van der Waals surface area (Å²) < 4.78 is 11.8. The Morgan fingerprint density at radius 1 is 1.44 bits per heavy atom. The van der Waals surface area contributed by atoms with E-state index in [4.69, 9.17) is 5.73 Å². The molecule has 100 valence electrons. The number of benzene rings is 1. The van der Waals surface area contributed by atoms with Crippen LogP contribution in [0.25, 0.3) is 0 Å². The van der Waals surface area contributed by atoms with Crippen LogP contribution in [0.4, 0.5) is 0 Å². The molecule has 0 aliphatic carbocycles. The smallest absolute Gasteiger partial charge is 0.234 e. The molecule has 0 bridgehead atoms. The number of carbonyl (C=O) groups excluding carboxylic acids is 1. The zero-order valence-electron chi connectivity index (χ0n) is 11.1. The molecular formula is C13H20N2O2S. The lowest BCUT2D eigenvalue weighted by Crippen LogP contribution is -2.29. The van der Waals surface area contributed by atoms with Gasteiger partial charge in [0.1, 0.15) is 5.75 Å². The quantitative estimate of drug-likeness (QED) is 0.860. The van der Waals surface area contributed by atoms with Gasteiger partial charge in [-0.2, -0.15) is 0 Å². The fourth-order valence-electron chi connectivity index (χ4n) is 1.52. The van der Waals surface area contributed by atoms with Gasteiger partial charge in [0.15, 0.2) is 0 Å². The first-order valence-corrected chi connectivity index (χ1v) is 7.26. The SMILES string of the molecule is Cc1cccc(C(N)CS(=O)CC(=O)N(C)C)c1. The van der Waals surface area contributed by atoms with E-state index in [1.807, 2.05) is 31.2 Å². The Kier molecular flexibility index (Phi) is 5.50. The van der Waals surface area contributed by atoms with Crippen LogP contribution in [0.1, 0.15) is 17.2 Å². The van der Waals surface area contributed by atoms with Crippen molar-refractivity contribution in [2.24, 2.45) is 5.73 Å². The van der Waals surface area contributed by atoms with E-state index in [1.165, 1.54) is 4.90 Å². The van der Waals surface area contributed by atoms with E-state index in [9.17, 15) is 9.00 Å². The van der Waals surface area contributed by atoms with Gasteiger partial charge in [0.05, 0.1) is 0 Å². The van der Waals surface area contributed by atoms with E-state index in [2.05, 4.69) is 0 Å². The van der Waals surface area contributed by atoms with Gasteiger partial charge in [-0.3, -0.25) is 9.00 Å². The molecule has 0 aliphatic rings. The van der Waals surface area contributed by atoms with E-state index >= 15 is 0 Å². The summed E-state index contributed by atoms with van der Waals surface area (Å²) in [5.74, 6) is 0.208. The Morgan fingerprint density at radius 2 is 2.11 bits per heavy atom. The minimum absolute atomic E-state index is 0.0342. The summed E-state index contributed by atoms with van der Waals surface area (Å²) in [6.07, 6.45) is 0. The molecule has 1 amide bonds. The van der Waals surface area contributed by atoms with Crippen molar-refractivity contribution in [2.45, 2.75) is 13.0 Å². The average Bonchev–Trinajstić information content (AvgIpc) is 2.28. The molecule has 18 heavy (non-hydrogen) atoms. The molecule has 0 fully saturated rings. The van der Waals surface area contributed by atoms with Crippen LogP contribution in [0.5, 0.6) is 0 Å². The summed E-state index contributed by atoms with van der Waals surface area (Å²) in [7, 11) is 2.08. The average molecular weight is 268 g/mol. The molecule has 0 heterocycles. The van der Waals surface area contributed by atoms with Gasteiger partial charge in [0, 0.05) is 36.7 Å². The molecule has 0 aromatic heterocycles. The van der Waals surface area contributed by atoms with Crippen molar-refractivity contribution in [1.82, 2.24) is 4.90 Å². The minimum atomic E-state index is -1.22. The van der Waals surface area contributed by atoms with Crippen LogP contribution < -0.4 is 5.73 Å². The third-order valence-electron chi connectivity index (χ3n) is 2.62. The highest BCUT2D eigenvalue weighted by Gasteiger charge is 2.14. The second kappa shape index (κ2) is 6.66. The summed E-state index contributed by atoms with van der Waals surface area (Å²) >= 11 is 0. The molecule has 1 rings (SSSR count). The third-order valence-corrected chi connectivity index (χ3v) is 3.92. The molecule has 0 saturated carbocycles. The molecule has 4 nitrogen and oxygen atoms in total. The zero-order valence-corrected chi connectivity index (χ0v) is 11.9. The molecule has 0 saturated heterocycles. The van der Waals surface area contributed by atoms with Gasteiger partial charge in [0.25, 0.3) is 0 Å². The summed E-state index contributed by atoms with van der Waals surface area (Å²) in [5, 5.41) is 0. The highest BCUT2D eigenvalue weighted by Crippen LogP contribution is 2.13. The summed E-state index contributed by atoms with van der Waals surface area (Å²) in [4.78, 5) is 12.9. The maximum Gasteiger partial charge on any atom is 0.234 e. The molecule has 2 atom stereocenters. The molecule has 0 aliphatic heterocycles. The number of hydrogen-bond donors (Lipinski definition) is 1. The molecule has 2 N–H and O–H groups in total. The number of hydrogen-bond acceptors (Lipinski definition) is 3. The lowest BCUT2D eigenvalue weighted by atomic mass is 10.1. The normalized spacial score (nSPS) is 14.0. The van der Waals surface area contributed by atoms with Crippen molar-refractivity contribution in [2.75, 3.05) is 25.6 Å².